The Labute approximate surface area is 302 Å². The van der Waals surface area contributed by atoms with Crippen molar-refractivity contribution in [3.63, 3.8) is 0 Å². The highest BCUT2D eigenvalue weighted by atomic mass is 15.1. The average molecular weight is 701 g/mol. The van der Waals surface area contributed by atoms with Crippen molar-refractivity contribution in [2.75, 3.05) is 13.1 Å². The van der Waals surface area contributed by atoms with Crippen LogP contribution < -0.4 is 21.3 Å². The van der Waals surface area contributed by atoms with Gasteiger partial charge in [-0.05, 0) is 57.5 Å². The fourth-order valence-electron chi connectivity index (χ4n) is 4.48. The summed E-state index contributed by atoms with van der Waals surface area (Å²) in [5.41, 5.74) is 5.65. The molecule has 6 heterocycles. The van der Waals surface area contributed by atoms with Gasteiger partial charge < -0.3 is 26.3 Å². The molecule has 0 spiro atoms. The van der Waals surface area contributed by atoms with Crippen LogP contribution >= 0.6 is 0 Å². The van der Waals surface area contributed by atoms with Crippen molar-refractivity contribution in [3.05, 3.63) is 90.5 Å². The van der Waals surface area contributed by atoms with E-state index in [2.05, 4.69) is 129 Å². The van der Waals surface area contributed by atoms with E-state index in [1.165, 1.54) is 11.3 Å². The molecule has 14 nitrogen and oxygen atoms in total. The van der Waals surface area contributed by atoms with Crippen LogP contribution in [0.15, 0.2) is 67.8 Å². The van der Waals surface area contributed by atoms with Gasteiger partial charge in [0.2, 0.25) is 5.78 Å². The zero-order chi connectivity index (χ0) is 37.1. The molecular weight excluding hydrogens is 641 g/mol. The molecule has 0 bridgehead atoms. The first-order chi connectivity index (χ1) is 24.4. The SMILES string of the molecule is CC(C)(C)NCCc1cn[nH]c1.CC(C)NCCc1ccn[nH]1.CC(C)NCc1cn2cccnc2n1.CC(C)NCc1nc2ccncc2[nH]1. The van der Waals surface area contributed by atoms with Gasteiger partial charge in [-0.2, -0.15) is 10.2 Å². The summed E-state index contributed by atoms with van der Waals surface area (Å²) in [6.07, 6.45) is 16.9. The summed E-state index contributed by atoms with van der Waals surface area (Å²) in [5.74, 6) is 1.72. The van der Waals surface area contributed by atoms with Crippen molar-refractivity contribution < 1.29 is 0 Å². The summed E-state index contributed by atoms with van der Waals surface area (Å²) in [4.78, 5) is 20.2. The number of hydrogen-bond acceptors (Lipinski definition) is 10. The van der Waals surface area contributed by atoms with Gasteiger partial charge in [-0.15, -0.1) is 0 Å². The predicted molar refractivity (Wildman–Crippen MR) is 206 cm³/mol. The number of rotatable bonds is 13. The van der Waals surface area contributed by atoms with Crippen LogP contribution in [-0.2, 0) is 25.9 Å². The third-order valence-corrected chi connectivity index (χ3v) is 7.12. The monoisotopic (exact) mass is 701 g/mol. The molecule has 0 amide bonds. The maximum atomic E-state index is 4.43. The van der Waals surface area contributed by atoms with E-state index >= 15 is 0 Å². The average Bonchev–Trinajstić information content (AvgIpc) is 3.90. The summed E-state index contributed by atoms with van der Waals surface area (Å²) >= 11 is 0. The maximum Gasteiger partial charge on any atom is 0.233 e. The summed E-state index contributed by atoms with van der Waals surface area (Å²) < 4.78 is 1.93. The Morgan fingerprint density at radius 3 is 2.20 bits per heavy atom. The van der Waals surface area contributed by atoms with Crippen molar-refractivity contribution in [1.29, 1.82) is 0 Å². The van der Waals surface area contributed by atoms with Gasteiger partial charge in [0.05, 0.1) is 35.7 Å². The third-order valence-electron chi connectivity index (χ3n) is 7.12. The van der Waals surface area contributed by atoms with Gasteiger partial charge in [-0.25, -0.2) is 15.0 Å². The number of aromatic nitrogens is 10. The topological polar surface area (TPSA) is 177 Å². The van der Waals surface area contributed by atoms with E-state index in [4.69, 9.17) is 0 Å². The molecule has 6 aromatic rings. The molecule has 0 radical (unpaired) electrons. The number of H-pyrrole nitrogens is 3. The normalized spacial score (nSPS) is 11.4. The Hall–Kier alpha value is -4.50. The van der Waals surface area contributed by atoms with E-state index in [0.29, 0.717) is 18.1 Å². The number of nitrogens with one attached hydrogen (secondary N) is 7. The van der Waals surface area contributed by atoms with Gasteiger partial charge in [0.1, 0.15) is 5.82 Å². The lowest BCUT2D eigenvalue weighted by atomic mass is 10.1. The predicted octanol–water partition coefficient (Wildman–Crippen LogP) is 4.97. The number of imidazole rings is 2. The molecule has 0 saturated heterocycles. The number of pyridine rings is 1. The largest absolute Gasteiger partial charge is 0.340 e. The molecule has 0 aliphatic rings. The van der Waals surface area contributed by atoms with E-state index in [1.54, 1.807) is 24.8 Å². The Bertz CT molecular complexity index is 1580. The van der Waals surface area contributed by atoms with Crippen molar-refractivity contribution in [1.82, 2.24) is 71.0 Å². The van der Waals surface area contributed by atoms with Crippen LogP contribution in [-0.4, -0.2) is 86.5 Å². The number of nitrogens with zero attached hydrogens (tertiary/aromatic N) is 7. The van der Waals surface area contributed by atoms with Crippen molar-refractivity contribution >= 4 is 16.8 Å². The zero-order valence-electron chi connectivity index (χ0n) is 32.0. The summed E-state index contributed by atoms with van der Waals surface area (Å²) in [7, 11) is 0. The van der Waals surface area contributed by atoms with Gasteiger partial charge in [0.15, 0.2) is 0 Å². The van der Waals surface area contributed by atoms with Crippen LogP contribution in [0.25, 0.3) is 16.8 Å². The highest BCUT2D eigenvalue weighted by Gasteiger charge is 2.07. The molecule has 6 rings (SSSR count). The van der Waals surface area contributed by atoms with E-state index < -0.39 is 0 Å². The minimum Gasteiger partial charge on any atom is -0.340 e. The van der Waals surface area contributed by atoms with Crippen LogP contribution in [0.3, 0.4) is 0 Å². The van der Waals surface area contributed by atoms with Crippen LogP contribution in [0.4, 0.5) is 0 Å². The molecule has 51 heavy (non-hydrogen) atoms. The lowest BCUT2D eigenvalue weighted by molar-refractivity contribution is 0.429. The minimum atomic E-state index is 0.212. The lowest BCUT2D eigenvalue weighted by Crippen LogP contribution is -2.37. The second-order valence-electron chi connectivity index (χ2n) is 14.2. The number of aromatic amines is 3. The molecule has 6 aromatic heterocycles. The summed E-state index contributed by atoms with van der Waals surface area (Å²) in [5, 5.41) is 26.9. The standard InChI is InChI=1S/2C10H14N4.C9H17N3.C8H15N3/c1-7(2)12-6-10-13-8-3-4-11-5-9(8)14-10;1-8(2)12-6-9-7-14-5-3-4-11-10(14)13-9;1-9(2,3)10-5-4-8-6-11-12-7-8;1-7(2)9-5-3-8-4-6-10-11-8/h3-5,7,12H,6H2,1-2H3,(H,13,14);3-5,7-8,12H,6H2,1-2H3;6-7,10H,4-5H2,1-3H3,(H,11,12);4,6-7,9H,3,5H2,1-2H3,(H,10,11). The summed E-state index contributed by atoms with van der Waals surface area (Å²) in [6, 6.07) is 7.33. The Kier molecular flexibility index (Phi) is 17.4. The van der Waals surface area contributed by atoms with E-state index in [0.717, 1.165) is 67.4 Å². The molecule has 0 aliphatic heterocycles. The summed E-state index contributed by atoms with van der Waals surface area (Å²) in [6.45, 7) is 22.8. The molecule has 0 unspecified atom stereocenters. The number of fused-ring (bicyclic) bond motifs is 2. The molecule has 0 aliphatic carbocycles. The molecular formula is C37H60N14. The van der Waals surface area contributed by atoms with Crippen molar-refractivity contribution in [2.24, 2.45) is 0 Å². The van der Waals surface area contributed by atoms with Gasteiger partial charge >= 0.3 is 0 Å². The van der Waals surface area contributed by atoms with E-state index in [-0.39, 0.29) is 5.54 Å². The highest BCUT2D eigenvalue weighted by Crippen LogP contribution is 2.08. The second kappa shape index (κ2) is 21.7. The Balaban J connectivity index is 0.000000185. The van der Waals surface area contributed by atoms with Crippen LogP contribution in [0, 0.1) is 0 Å². The molecule has 7 N–H and O–H groups in total. The first-order valence-corrected chi connectivity index (χ1v) is 17.9. The molecule has 0 saturated carbocycles. The first-order valence-electron chi connectivity index (χ1n) is 17.9. The van der Waals surface area contributed by atoms with Crippen LogP contribution in [0.1, 0.15) is 85.1 Å². The van der Waals surface area contributed by atoms with Crippen molar-refractivity contribution in [2.45, 2.75) is 112 Å². The molecule has 0 atom stereocenters. The molecule has 278 valence electrons. The number of hydrogen-bond donors (Lipinski definition) is 7. The Morgan fingerprint density at radius 2 is 1.57 bits per heavy atom. The van der Waals surface area contributed by atoms with Gasteiger partial charge in [-0.3, -0.25) is 19.6 Å². The van der Waals surface area contributed by atoms with E-state index in [9.17, 15) is 0 Å². The third kappa shape index (κ3) is 17.3. The smallest absolute Gasteiger partial charge is 0.233 e. The highest BCUT2D eigenvalue weighted by molar-refractivity contribution is 5.73. The van der Waals surface area contributed by atoms with Crippen LogP contribution in [0.2, 0.25) is 0 Å². The lowest BCUT2D eigenvalue weighted by Gasteiger charge is -2.19. The minimum absolute atomic E-state index is 0.212. The van der Waals surface area contributed by atoms with E-state index in [1.807, 2.05) is 47.4 Å². The second-order valence-corrected chi connectivity index (χ2v) is 14.2. The zero-order valence-corrected chi connectivity index (χ0v) is 32.0. The molecule has 0 fully saturated rings. The van der Waals surface area contributed by atoms with Gasteiger partial charge in [0.25, 0.3) is 0 Å². The quantitative estimate of drug-likeness (QED) is 0.0870. The van der Waals surface area contributed by atoms with Crippen LogP contribution in [0.5, 0.6) is 0 Å². The van der Waals surface area contributed by atoms with Crippen molar-refractivity contribution in [3.8, 4) is 0 Å². The molecule has 14 heteroatoms. The maximum absolute atomic E-state index is 4.43. The fourth-order valence-corrected chi connectivity index (χ4v) is 4.48. The first kappa shape index (κ1) is 40.9. The van der Waals surface area contributed by atoms with Gasteiger partial charge in [0, 0.05) is 86.0 Å². The van der Waals surface area contributed by atoms with Gasteiger partial charge in [-0.1, -0.05) is 41.5 Å². The Morgan fingerprint density at radius 1 is 0.804 bits per heavy atom. The molecule has 0 aromatic carbocycles. The fraction of sp³-hybridized carbons (Fsp3) is 0.514.